The molecule has 0 bridgehead atoms. The Bertz CT molecular complexity index is 313. The van der Waals surface area contributed by atoms with E-state index in [0.29, 0.717) is 25.6 Å². The van der Waals surface area contributed by atoms with Crippen LogP contribution in [0.2, 0.25) is 0 Å². The minimum atomic E-state index is -0.384. The molecule has 1 atom stereocenters. The Morgan fingerprint density at radius 3 is 2.50 bits per heavy atom. The number of nitrogens with one attached hydrogen (secondary N) is 1. The van der Waals surface area contributed by atoms with Crippen molar-refractivity contribution in [2.75, 3.05) is 13.1 Å². The predicted molar refractivity (Wildman–Crippen MR) is 68.8 cm³/mol. The van der Waals surface area contributed by atoms with E-state index in [4.69, 9.17) is 5.73 Å². The van der Waals surface area contributed by atoms with Crippen LogP contribution in [0.3, 0.4) is 0 Å². The summed E-state index contributed by atoms with van der Waals surface area (Å²) in [5, 5.41) is 3.31. The van der Waals surface area contributed by atoms with Gasteiger partial charge in [-0.3, -0.25) is 9.59 Å². The van der Waals surface area contributed by atoms with Crippen LogP contribution >= 0.6 is 0 Å². The first-order chi connectivity index (χ1) is 8.68. The molecule has 2 amide bonds. The second-order valence-corrected chi connectivity index (χ2v) is 5.36. The number of amides is 2. The van der Waals surface area contributed by atoms with Crippen molar-refractivity contribution in [1.82, 2.24) is 10.2 Å². The van der Waals surface area contributed by atoms with Gasteiger partial charge in [-0.05, 0) is 25.7 Å². The first kappa shape index (κ1) is 13.3. The van der Waals surface area contributed by atoms with Crippen molar-refractivity contribution < 1.29 is 9.59 Å². The topological polar surface area (TPSA) is 75.4 Å². The van der Waals surface area contributed by atoms with Crippen molar-refractivity contribution in [3.05, 3.63) is 0 Å². The molecule has 0 spiro atoms. The maximum atomic E-state index is 12.1. The van der Waals surface area contributed by atoms with Crippen LogP contribution in [0.15, 0.2) is 0 Å². The summed E-state index contributed by atoms with van der Waals surface area (Å²) >= 11 is 0. The van der Waals surface area contributed by atoms with Crippen LogP contribution < -0.4 is 11.1 Å². The Kier molecular flexibility index (Phi) is 4.58. The third kappa shape index (κ3) is 3.22. The molecule has 2 fully saturated rings. The number of carbonyl (C=O) groups is 2. The number of likely N-dealkylation sites (tertiary alicyclic amines) is 1. The summed E-state index contributed by atoms with van der Waals surface area (Å²) in [6.45, 7) is 1.01. The quantitative estimate of drug-likeness (QED) is 0.761. The standard InChI is InChI=1S/C13H23N3O2/c14-13(18)11-7-4-8-16(11)12(17)9-15-10-5-2-1-3-6-10/h10-11,15H,1-9H2,(H2,14,18)/t11-/m0/s1. The average molecular weight is 253 g/mol. The second kappa shape index (κ2) is 6.18. The monoisotopic (exact) mass is 253 g/mol. The maximum Gasteiger partial charge on any atom is 0.240 e. The molecule has 0 aromatic heterocycles. The SMILES string of the molecule is NC(=O)[C@@H]1CCCN1C(=O)CNC1CCCCC1. The van der Waals surface area contributed by atoms with Gasteiger partial charge in [0, 0.05) is 12.6 Å². The molecule has 1 saturated heterocycles. The molecular formula is C13H23N3O2. The van der Waals surface area contributed by atoms with Gasteiger partial charge in [0.1, 0.15) is 6.04 Å². The zero-order valence-corrected chi connectivity index (χ0v) is 10.9. The van der Waals surface area contributed by atoms with E-state index in [1.807, 2.05) is 0 Å². The highest BCUT2D eigenvalue weighted by Crippen LogP contribution is 2.19. The first-order valence-electron chi connectivity index (χ1n) is 7.00. The molecule has 1 saturated carbocycles. The van der Waals surface area contributed by atoms with Gasteiger partial charge in [0.15, 0.2) is 0 Å². The molecule has 2 rings (SSSR count). The predicted octanol–water partition coefficient (Wildman–Crippen LogP) is 0.385. The van der Waals surface area contributed by atoms with E-state index in [0.717, 1.165) is 19.3 Å². The summed E-state index contributed by atoms with van der Waals surface area (Å²) in [4.78, 5) is 24.9. The Labute approximate surface area is 108 Å². The van der Waals surface area contributed by atoms with Crippen molar-refractivity contribution in [1.29, 1.82) is 0 Å². The Hall–Kier alpha value is -1.10. The lowest BCUT2D eigenvalue weighted by molar-refractivity contribution is -0.136. The Morgan fingerprint density at radius 2 is 1.83 bits per heavy atom. The molecule has 1 heterocycles. The summed E-state index contributed by atoms with van der Waals surface area (Å²) in [5.74, 6) is -0.361. The lowest BCUT2D eigenvalue weighted by atomic mass is 9.95. The van der Waals surface area contributed by atoms with Crippen LogP contribution in [0.25, 0.3) is 0 Å². The van der Waals surface area contributed by atoms with Crippen LogP contribution in [0.1, 0.15) is 44.9 Å². The average Bonchev–Trinajstić information content (AvgIpc) is 2.86. The number of hydrogen-bond donors (Lipinski definition) is 2. The minimum Gasteiger partial charge on any atom is -0.368 e. The zero-order chi connectivity index (χ0) is 13.0. The number of primary amides is 1. The van der Waals surface area contributed by atoms with Gasteiger partial charge < -0.3 is 16.0 Å². The fourth-order valence-electron chi connectivity index (χ4n) is 3.00. The second-order valence-electron chi connectivity index (χ2n) is 5.36. The first-order valence-corrected chi connectivity index (χ1v) is 7.00. The third-order valence-corrected chi connectivity index (χ3v) is 4.05. The largest absolute Gasteiger partial charge is 0.368 e. The van der Waals surface area contributed by atoms with Crippen molar-refractivity contribution in [2.24, 2.45) is 5.73 Å². The molecule has 5 heteroatoms. The highest BCUT2D eigenvalue weighted by Gasteiger charge is 2.32. The molecular weight excluding hydrogens is 230 g/mol. The van der Waals surface area contributed by atoms with E-state index in [9.17, 15) is 9.59 Å². The van der Waals surface area contributed by atoms with Crippen LogP contribution in [0.4, 0.5) is 0 Å². The van der Waals surface area contributed by atoms with Crippen molar-refractivity contribution in [3.63, 3.8) is 0 Å². The van der Waals surface area contributed by atoms with Gasteiger partial charge in [0.2, 0.25) is 11.8 Å². The molecule has 1 aliphatic carbocycles. The van der Waals surface area contributed by atoms with Crippen LogP contribution in [-0.4, -0.2) is 41.9 Å². The third-order valence-electron chi connectivity index (χ3n) is 4.05. The van der Waals surface area contributed by atoms with Crippen molar-refractivity contribution >= 4 is 11.8 Å². The minimum absolute atomic E-state index is 0.0156. The maximum absolute atomic E-state index is 12.1. The molecule has 2 aliphatic rings. The summed E-state index contributed by atoms with van der Waals surface area (Å²) in [6, 6.07) is 0.0861. The van der Waals surface area contributed by atoms with Gasteiger partial charge in [0.05, 0.1) is 6.54 Å². The smallest absolute Gasteiger partial charge is 0.240 e. The fraction of sp³-hybridized carbons (Fsp3) is 0.846. The zero-order valence-electron chi connectivity index (χ0n) is 10.9. The highest BCUT2D eigenvalue weighted by molar-refractivity contribution is 5.88. The fourth-order valence-corrected chi connectivity index (χ4v) is 3.00. The van der Waals surface area contributed by atoms with E-state index in [1.54, 1.807) is 4.90 Å². The van der Waals surface area contributed by atoms with Gasteiger partial charge in [-0.15, -0.1) is 0 Å². The number of hydrogen-bond acceptors (Lipinski definition) is 3. The molecule has 5 nitrogen and oxygen atoms in total. The van der Waals surface area contributed by atoms with Gasteiger partial charge in [-0.2, -0.15) is 0 Å². The molecule has 0 unspecified atom stereocenters. The van der Waals surface area contributed by atoms with Crippen molar-refractivity contribution in [3.8, 4) is 0 Å². The van der Waals surface area contributed by atoms with Crippen LogP contribution in [0.5, 0.6) is 0 Å². The molecule has 0 aromatic rings. The molecule has 18 heavy (non-hydrogen) atoms. The Morgan fingerprint density at radius 1 is 1.11 bits per heavy atom. The lowest BCUT2D eigenvalue weighted by Gasteiger charge is -2.26. The van der Waals surface area contributed by atoms with E-state index in [1.165, 1.54) is 19.3 Å². The lowest BCUT2D eigenvalue weighted by Crippen LogP contribution is -2.48. The van der Waals surface area contributed by atoms with Gasteiger partial charge in [-0.25, -0.2) is 0 Å². The summed E-state index contributed by atoms with van der Waals surface area (Å²) in [7, 11) is 0. The van der Waals surface area contributed by atoms with Gasteiger partial charge in [-0.1, -0.05) is 19.3 Å². The molecule has 102 valence electrons. The number of rotatable bonds is 4. The number of carbonyl (C=O) groups excluding carboxylic acids is 2. The Balaban J connectivity index is 1.78. The number of nitrogens with zero attached hydrogens (tertiary/aromatic N) is 1. The summed E-state index contributed by atoms with van der Waals surface area (Å²) < 4.78 is 0. The summed E-state index contributed by atoms with van der Waals surface area (Å²) in [6.07, 6.45) is 7.72. The molecule has 1 aliphatic heterocycles. The van der Waals surface area contributed by atoms with Gasteiger partial charge >= 0.3 is 0 Å². The highest BCUT2D eigenvalue weighted by atomic mass is 16.2. The van der Waals surface area contributed by atoms with Crippen molar-refractivity contribution in [2.45, 2.75) is 57.0 Å². The van der Waals surface area contributed by atoms with E-state index < -0.39 is 0 Å². The normalized spacial score (nSPS) is 25.3. The van der Waals surface area contributed by atoms with Crippen LogP contribution in [-0.2, 0) is 9.59 Å². The molecule has 0 aromatic carbocycles. The molecule has 0 radical (unpaired) electrons. The molecule has 3 N–H and O–H groups in total. The van der Waals surface area contributed by atoms with E-state index >= 15 is 0 Å². The summed E-state index contributed by atoms with van der Waals surface area (Å²) in [5.41, 5.74) is 5.31. The van der Waals surface area contributed by atoms with Crippen LogP contribution in [0, 0.1) is 0 Å². The van der Waals surface area contributed by atoms with E-state index in [-0.39, 0.29) is 17.9 Å². The van der Waals surface area contributed by atoms with Gasteiger partial charge in [0.25, 0.3) is 0 Å². The van der Waals surface area contributed by atoms with E-state index in [2.05, 4.69) is 5.32 Å². The number of nitrogens with two attached hydrogens (primary N) is 1.